The third-order valence-corrected chi connectivity index (χ3v) is 6.57. The maximum absolute atomic E-state index is 13.6. The van der Waals surface area contributed by atoms with E-state index in [9.17, 15) is 9.59 Å². The second-order valence-corrected chi connectivity index (χ2v) is 12.2. The maximum atomic E-state index is 13.6. The fraction of sp³-hybridized carbons (Fsp3) is 0.367. The second kappa shape index (κ2) is 11.1. The van der Waals surface area contributed by atoms with E-state index in [2.05, 4.69) is 68.7 Å². The van der Waals surface area contributed by atoms with Gasteiger partial charge in [-0.1, -0.05) is 47.6 Å². The maximum Gasteiger partial charge on any atom is 0.274 e. The Morgan fingerprint density at radius 2 is 1.80 bits per heavy atom. The number of quaternary nitrogens is 1. The summed E-state index contributed by atoms with van der Waals surface area (Å²) in [6, 6.07) is 9.50. The van der Waals surface area contributed by atoms with Crippen molar-refractivity contribution >= 4 is 23.2 Å². The van der Waals surface area contributed by atoms with Crippen molar-refractivity contribution in [3.63, 3.8) is 0 Å². The molecule has 2 heterocycles. The lowest BCUT2D eigenvalue weighted by atomic mass is 9.86. The number of hydrogen-bond acceptors (Lipinski definition) is 6. The summed E-state index contributed by atoms with van der Waals surface area (Å²) in [5, 5.41) is 7.83. The van der Waals surface area contributed by atoms with E-state index in [-0.39, 0.29) is 22.6 Å². The summed E-state index contributed by atoms with van der Waals surface area (Å²) in [5.74, 6) is 0.0822. The van der Waals surface area contributed by atoms with Crippen LogP contribution in [0.25, 0.3) is 5.69 Å². The first-order valence-electron chi connectivity index (χ1n) is 13.3. The van der Waals surface area contributed by atoms with Gasteiger partial charge >= 0.3 is 0 Å². The minimum atomic E-state index is -0.276. The quantitative estimate of drug-likeness (QED) is 0.337. The van der Waals surface area contributed by atoms with Gasteiger partial charge in [0.15, 0.2) is 11.4 Å². The molecule has 4 rings (SSSR count). The molecule has 0 fully saturated rings. The number of carbonyl (C=O) groups is 2. The van der Waals surface area contributed by atoms with Crippen LogP contribution in [0.15, 0.2) is 60.9 Å². The van der Waals surface area contributed by atoms with Crippen LogP contribution in [0.3, 0.4) is 0 Å². The van der Waals surface area contributed by atoms with E-state index in [1.165, 1.54) is 0 Å². The molecule has 1 aliphatic heterocycles. The number of nitrogens with one attached hydrogen (secondary N) is 3. The van der Waals surface area contributed by atoms with Crippen LogP contribution in [0.4, 0.5) is 11.4 Å². The Kier molecular flexibility index (Phi) is 7.93. The molecule has 0 bridgehead atoms. The average molecular weight is 547 g/mol. The number of anilines is 2. The highest BCUT2D eigenvalue weighted by Crippen LogP contribution is 2.37. The predicted octanol–water partition coefficient (Wildman–Crippen LogP) is 3.55. The van der Waals surface area contributed by atoms with Crippen molar-refractivity contribution in [1.29, 1.82) is 0 Å². The number of nitrogens with zero attached hydrogens (tertiary/aromatic N) is 3. The molecule has 0 saturated heterocycles. The predicted molar refractivity (Wildman–Crippen MR) is 156 cm³/mol. The molecule has 3 aromatic rings. The number of imidazole rings is 1. The van der Waals surface area contributed by atoms with Gasteiger partial charge in [-0.15, -0.1) is 5.53 Å². The van der Waals surface area contributed by atoms with Crippen LogP contribution in [0.1, 0.15) is 63.0 Å². The van der Waals surface area contributed by atoms with E-state index in [1.54, 1.807) is 37.4 Å². The van der Waals surface area contributed by atoms with Gasteiger partial charge in [-0.25, -0.2) is 10.4 Å². The van der Waals surface area contributed by atoms with Gasteiger partial charge in [-0.3, -0.25) is 9.59 Å². The van der Waals surface area contributed by atoms with Gasteiger partial charge in [-0.2, -0.15) is 5.01 Å². The summed E-state index contributed by atoms with van der Waals surface area (Å²) < 4.78 is 7.64. The van der Waals surface area contributed by atoms with Crippen LogP contribution < -0.4 is 31.3 Å². The average Bonchev–Trinajstić information content (AvgIpc) is 3.59. The molecule has 0 saturated carbocycles. The molecule has 2 aromatic carbocycles. The lowest BCUT2D eigenvalue weighted by molar-refractivity contribution is -0.699. The Morgan fingerprint density at radius 1 is 1.05 bits per heavy atom. The third-order valence-electron chi connectivity index (χ3n) is 6.57. The highest BCUT2D eigenvalue weighted by Gasteiger charge is 2.26. The van der Waals surface area contributed by atoms with Crippen LogP contribution >= 0.6 is 0 Å². The highest BCUT2D eigenvalue weighted by molar-refractivity contribution is 6.06. The lowest BCUT2D eigenvalue weighted by Crippen LogP contribution is -2.98. The number of hydrogen-bond donors (Lipinski definition) is 4. The first-order valence-corrected chi connectivity index (χ1v) is 13.3. The Labute approximate surface area is 235 Å². The highest BCUT2D eigenvalue weighted by atomic mass is 16.5. The Morgan fingerprint density at radius 3 is 2.42 bits per heavy atom. The normalized spacial score (nSPS) is 13.5. The minimum absolute atomic E-state index is 0.0227. The Bertz CT molecular complexity index is 1430. The van der Waals surface area contributed by atoms with Crippen molar-refractivity contribution in [2.24, 2.45) is 5.41 Å². The molecule has 0 aliphatic carbocycles. The second-order valence-electron chi connectivity index (χ2n) is 12.2. The zero-order valence-electron chi connectivity index (χ0n) is 24.5. The van der Waals surface area contributed by atoms with E-state index in [0.717, 1.165) is 22.5 Å². The minimum Gasteiger partial charge on any atom is -0.492 e. The number of aryl methyl sites for hydroxylation is 1. The molecule has 2 amide bonds. The number of nitrogens with two attached hydrogens (primary N) is 1. The first kappa shape index (κ1) is 28.7. The number of rotatable bonds is 7. The molecule has 0 spiro atoms. The first-order chi connectivity index (χ1) is 18.8. The summed E-state index contributed by atoms with van der Waals surface area (Å²) >= 11 is 0. The van der Waals surface area contributed by atoms with E-state index in [4.69, 9.17) is 4.74 Å². The van der Waals surface area contributed by atoms with Gasteiger partial charge in [0.25, 0.3) is 11.8 Å². The van der Waals surface area contributed by atoms with Crippen molar-refractivity contribution in [2.45, 2.75) is 53.9 Å². The third kappa shape index (κ3) is 6.45. The fourth-order valence-corrected chi connectivity index (χ4v) is 4.23. The van der Waals surface area contributed by atoms with Gasteiger partial charge in [0.1, 0.15) is 0 Å². The molecule has 10 heteroatoms. The zero-order chi connectivity index (χ0) is 29.2. The molecule has 0 atom stereocenters. The van der Waals surface area contributed by atoms with Gasteiger partial charge in [0.05, 0.1) is 36.7 Å². The van der Waals surface area contributed by atoms with E-state index < -0.39 is 0 Å². The van der Waals surface area contributed by atoms with Crippen LogP contribution in [0.2, 0.25) is 0 Å². The van der Waals surface area contributed by atoms with Gasteiger partial charge < -0.3 is 19.9 Å². The van der Waals surface area contributed by atoms with Crippen molar-refractivity contribution in [1.82, 2.24) is 20.3 Å². The molecule has 1 aliphatic rings. The van der Waals surface area contributed by atoms with Crippen LogP contribution in [-0.4, -0.2) is 35.0 Å². The van der Waals surface area contributed by atoms with Gasteiger partial charge in [0, 0.05) is 24.5 Å². The molecule has 40 heavy (non-hydrogen) atoms. The zero-order valence-corrected chi connectivity index (χ0v) is 24.5. The van der Waals surface area contributed by atoms with Crippen LogP contribution in [-0.2, 0) is 10.2 Å². The van der Waals surface area contributed by atoms with Crippen molar-refractivity contribution in [2.75, 3.05) is 24.0 Å². The van der Waals surface area contributed by atoms with Crippen molar-refractivity contribution in [3.8, 4) is 11.4 Å². The van der Waals surface area contributed by atoms with E-state index in [1.807, 2.05) is 40.9 Å². The summed E-state index contributed by atoms with van der Waals surface area (Å²) in [6.45, 7) is 15.1. The number of aromatic nitrogens is 2. The number of amides is 2. The largest absolute Gasteiger partial charge is 0.492 e. The summed E-state index contributed by atoms with van der Waals surface area (Å²) in [5.41, 5.74) is 9.60. The lowest BCUT2D eigenvalue weighted by Gasteiger charge is -2.24. The molecule has 10 nitrogen and oxygen atoms in total. The van der Waals surface area contributed by atoms with E-state index >= 15 is 0 Å². The van der Waals surface area contributed by atoms with Crippen molar-refractivity contribution < 1.29 is 19.9 Å². The molecule has 0 unspecified atom stereocenters. The summed E-state index contributed by atoms with van der Waals surface area (Å²) in [6.07, 6.45) is 6.98. The molecule has 0 radical (unpaired) electrons. The SMILES string of the molecule is COc1c(NC(=O)c2ccc(C)c(N3C=C(C(=O)NCC(C)(C)C)N[NH2+]3)c2)cc(C(C)(C)C)cc1-n1ccnc1. The topological polar surface area (TPSA) is 117 Å². The number of carbonyl (C=O) groups excluding carboxylic acids is 2. The standard InChI is InChI=1S/C30H39N7O3/c1-19-9-10-20(13-24(19)37-16-23(34-35-37)28(39)32-17-29(2,3)4)27(38)33-22-14-21(30(5,6)7)15-25(26(22)40-8)36-12-11-31-18-36/h9-16,18,34-35H,17H2,1-8H3,(H,32,39)(H,33,38)/p+1. The molecular formula is C30H40N7O3+. The molecule has 5 N–H and O–H groups in total. The van der Waals surface area contributed by atoms with Crippen LogP contribution in [0.5, 0.6) is 5.75 Å². The molecule has 1 aromatic heterocycles. The van der Waals surface area contributed by atoms with Gasteiger partial charge in [-0.05, 0) is 53.1 Å². The fourth-order valence-electron chi connectivity index (χ4n) is 4.23. The summed E-state index contributed by atoms with van der Waals surface area (Å²) in [4.78, 5) is 30.4. The van der Waals surface area contributed by atoms with Crippen LogP contribution in [0, 0.1) is 12.3 Å². The Balaban J connectivity index is 1.62. The Hall–Kier alpha value is -4.31. The number of benzene rings is 2. The van der Waals surface area contributed by atoms with Crippen molar-refractivity contribution in [3.05, 3.63) is 77.6 Å². The van der Waals surface area contributed by atoms with Gasteiger partial charge in [0.2, 0.25) is 0 Å². The van der Waals surface area contributed by atoms with E-state index in [0.29, 0.717) is 29.2 Å². The smallest absolute Gasteiger partial charge is 0.274 e. The summed E-state index contributed by atoms with van der Waals surface area (Å²) in [7, 11) is 1.59. The molecular weight excluding hydrogens is 506 g/mol. The number of ether oxygens (including phenoxy) is 1. The monoisotopic (exact) mass is 546 g/mol. The molecule has 212 valence electrons. The number of methoxy groups -OCH3 is 1.